The van der Waals surface area contributed by atoms with Crippen LogP contribution in [0.1, 0.15) is 54.1 Å². The molecule has 3 N–H and O–H groups in total. The molecule has 0 fully saturated rings. The van der Waals surface area contributed by atoms with Crippen molar-refractivity contribution in [1.29, 1.82) is 0 Å². The monoisotopic (exact) mass is 407 g/mol. The molecule has 2 aromatic heterocycles. The predicted octanol–water partition coefficient (Wildman–Crippen LogP) is 5.16. The predicted molar refractivity (Wildman–Crippen MR) is 118 cm³/mol. The molecule has 2 heterocycles. The molecule has 0 unspecified atom stereocenters. The number of nitrogens with one attached hydrogen (secondary N) is 1. The largest absolute Gasteiger partial charge is 0.494 e. The molecular weight excluding hydrogens is 381 g/mol. The Kier molecular flexibility index (Phi) is 6.67. The van der Waals surface area contributed by atoms with E-state index in [2.05, 4.69) is 28.2 Å². The maximum Gasteiger partial charge on any atom is 0.267 e. The lowest BCUT2D eigenvalue weighted by atomic mass is 9.97. The first-order chi connectivity index (χ1) is 14.6. The number of ether oxygens (including phenoxy) is 1. The van der Waals surface area contributed by atoms with Crippen LogP contribution in [0.2, 0.25) is 0 Å². The van der Waals surface area contributed by atoms with E-state index in [-0.39, 0.29) is 11.4 Å². The molecule has 30 heavy (non-hydrogen) atoms. The highest BCUT2D eigenvalue weighted by atomic mass is 19.1. The third kappa shape index (κ3) is 4.27. The number of aromatic amines is 1. The van der Waals surface area contributed by atoms with Crippen molar-refractivity contribution in [2.24, 2.45) is 5.73 Å². The van der Waals surface area contributed by atoms with Crippen molar-refractivity contribution in [3.8, 4) is 5.75 Å². The summed E-state index contributed by atoms with van der Waals surface area (Å²) >= 11 is 0. The van der Waals surface area contributed by atoms with Crippen molar-refractivity contribution >= 4 is 22.4 Å². The average molecular weight is 407 g/mol. The van der Waals surface area contributed by atoms with Crippen molar-refractivity contribution in [2.75, 3.05) is 7.11 Å². The Morgan fingerprint density at radius 1 is 1.27 bits per heavy atom. The zero-order valence-corrected chi connectivity index (χ0v) is 17.5. The quantitative estimate of drug-likeness (QED) is 0.613. The van der Waals surface area contributed by atoms with E-state index in [4.69, 9.17) is 10.5 Å². The number of carbonyl (C=O) groups is 1. The molecule has 6 heteroatoms. The zero-order chi connectivity index (χ0) is 21.7. The summed E-state index contributed by atoms with van der Waals surface area (Å²) in [7, 11) is 1.45. The van der Waals surface area contributed by atoms with Crippen molar-refractivity contribution in [1.82, 2.24) is 9.97 Å². The lowest BCUT2D eigenvalue weighted by Crippen LogP contribution is -2.13. The summed E-state index contributed by atoms with van der Waals surface area (Å²) in [5.74, 6) is -0.808. The first kappa shape index (κ1) is 21.3. The Hall–Kier alpha value is -3.41. The number of amides is 1. The van der Waals surface area contributed by atoms with E-state index in [1.165, 1.54) is 13.2 Å². The van der Waals surface area contributed by atoms with Gasteiger partial charge in [0.1, 0.15) is 5.69 Å². The van der Waals surface area contributed by atoms with E-state index in [0.29, 0.717) is 12.1 Å². The van der Waals surface area contributed by atoms with Gasteiger partial charge >= 0.3 is 0 Å². The number of halogens is 1. The summed E-state index contributed by atoms with van der Waals surface area (Å²) in [5.41, 5.74) is 9.94. The Morgan fingerprint density at radius 3 is 2.73 bits per heavy atom. The summed E-state index contributed by atoms with van der Waals surface area (Å²) in [6.45, 7) is 4.00. The fourth-order valence-corrected chi connectivity index (χ4v) is 3.53. The van der Waals surface area contributed by atoms with Crippen molar-refractivity contribution in [3.05, 3.63) is 77.0 Å². The van der Waals surface area contributed by atoms with Gasteiger partial charge < -0.3 is 15.5 Å². The SMILES string of the molecule is CC.COc1cc2[nH]c(C3=CCCC=C3)c(Cc3cccc(C(N)=O)n3)c2cc1F. The van der Waals surface area contributed by atoms with E-state index in [1.54, 1.807) is 18.2 Å². The van der Waals surface area contributed by atoms with Crippen LogP contribution < -0.4 is 10.5 Å². The second kappa shape index (κ2) is 9.39. The van der Waals surface area contributed by atoms with Crippen molar-refractivity contribution in [3.63, 3.8) is 0 Å². The number of methoxy groups -OCH3 is 1. The van der Waals surface area contributed by atoms with Crippen LogP contribution in [0.3, 0.4) is 0 Å². The second-order valence-corrected chi connectivity index (χ2v) is 6.71. The molecular formula is C24H26FN3O2. The smallest absolute Gasteiger partial charge is 0.267 e. The van der Waals surface area contributed by atoms with Gasteiger partial charge in [-0.15, -0.1) is 0 Å². The molecule has 1 aliphatic carbocycles. The van der Waals surface area contributed by atoms with Crippen molar-refractivity contribution in [2.45, 2.75) is 33.1 Å². The fraction of sp³-hybridized carbons (Fsp3) is 0.250. The molecule has 0 saturated heterocycles. The molecule has 0 aliphatic heterocycles. The van der Waals surface area contributed by atoms with E-state index < -0.39 is 11.7 Å². The molecule has 0 radical (unpaired) electrons. The summed E-state index contributed by atoms with van der Waals surface area (Å²) in [4.78, 5) is 19.2. The number of rotatable bonds is 5. The number of hydrogen-bond acceptors (Lipinski definition) is 3. The van der Waals surface area contributed by atoms with Crippen molar-refractivity contribution < 1.29 is 13.9 Å². The van der Waals surface area contributed by atoms with Gasteiger partial charge in [0.2, 0.25) is 0 Å². The standard InChI is InChI=1S/C22H20FN3O2.C2H6/c1-28-20-12-19-15(11-17(20)23)16(21(26-19)13-6-3-2-4-7-13)10-14-8-5-9-18(25-14)22(24)27;1-2/h3,5-9,11-12,26H,2,4,10H2,1H3,(H2,24,27);1-2H3. The number of primary amides is 1. The van der Waals surface area contributed by atoms with E-state index in [1.807, 2.05) is 19.9 Å². The molecule has 156 valence electrons. The minimum absolute atomic E-state index is 0.189. The fourth-order valence-electron chi connectivity index (χ4n) is 3.53. The molecule has 0 spiro atoms. The summed E-state index contributed by atoms with van der Waals surface area (Å²) in [6, 6.07) is 8.31. The number of nitrogens with two attached hydrogens (primary N) is 1. The van der Waals surface area contributed by atoms with Gasteiger partial charge in [0.25, 0.3) is 5.91 Å². The minimum Gasteiger partial charge on any atom is -0.494 e. The number of H-pyrrole nitrogens is 1. The number of benzene rings is 1. The summed E-state index contributed by atoms with van der Waals surface area (Å²) in [5, 5.41) is 0.763. The number of hydrogen-bond donors (Lipinski definition) is 2. The second-order valence-electron chi connectivity index (χ2n) is 6.71. The van der Waals surface area contributed by atoms with Crippen LogP contribution in [-0.2, 0) is 6.42 Å². The van der Waals surface area contributed by atoms with Crippen LogP contribution in [0.4, 0.5) is 4.39 Å². The highest BCUT2D eigenvalue weighted by Crippen LogP contribution is 2.34. The van der Waals surface area contributed by atoms with Gasteiger partial charge in [-0.25, -0.2) is 9.37 Å². The van der Waals surface area contributed by atoms with Gasteiger partial charge in [0.15, 0.2) is 11.6 Å². The lowest BCUT2D eigenvalue weighted by molar-refractivity contribution is 0.0995. The first-order valence-corrected chi connectivity index (χ1v) is 10.1. The Bertz CT molecular complexity index is 1130. The minimum atomic E-state index is -0.574. The molecule has 0 atom stereocenters. The number of allylic oxidation sites excluding steroid dienone is 4. The lowest BCUT2D eigenvalue weighted by Gasteiger charge is -2.09. The van der Waals surface area contributed by atoms with E-state index in [9.17, 15) is 9.18 Å². The number of nitrogens with zero attached hydrogens (tertiary/aromatic N) is 1. The van der Waals surface area contributed by atoms with Crippen LogP contribution in [0.5, 0.6) is 5.75 Å². The molecule has 4 rings (SSSR count). The van der Waals surface area contributed by atoms with Crippen LogP contribution >= 0.6 is 0 Å². The van der Waals surface area contributed by atoms with Crippen LogP contribution in [0.15, 0.2) is 48.6 Å². The molecule has 1 aliphatic rings. The van der Waals surface area contributed by atoms with Crippen LogP contribution in [0.25, 0.3) is 16.5 Å². The van der Waals surface area contributed by atoms with E-state index in [0.717, 1.165) is 40.6 Å². The number of pyridine rings is 1. The Morgan fingerprint density at radius 2 is 2.07 bits per heavy atom. The zero-order valence-electron chi connectivity index (χ0n) is 17.5. The highest BCUT2D eigenvalue weighted by Gasteiger charge is 2.18. The van der Waals surface area contributed by atoms with Crippen LogP contribution in [0, 0.1) is 5.82 Å². The Labute approximate surface area is 175 Å². The Balaban J connectivity index is 0.00000124. The maximum absolute atomic E-state index is 14.4. The average Bonchev–Trinajstić information content (AvgIpc) is 3.12. The van der Waals surface area contributed by atoms with Gasteiger partial charge in [-0.05, 0) is 42.2 Å². The topological polar surface area (TPSA) is 81.0 Å². The molecule has 1 amide bonds. The maximum atomic E-state index is 14.4. The third-order valence-corrected chi connectivity index (χ3v) is 4.88. The van der Waals surface area contributed by atoms with Gasteiger partial charge in [-0.3, -0.25) is 4.79 Å². The molecule has 0 bridgehead atoms. The third-order valence-electron chi connectivity index (χ3n) is 4.88. The van der Waals surface area contributed by atoms with Gasteiger partial charge in [-0.2, -0.15) is 0 Å². The summed E-state index contributed by atoms with van der Waals surface area (Å²) < 4.78 is 19.5. The van der Waals surface area contributed by atoms with E-state index >= 15 is 0 Å². The normalized spacial score (nSPS) is 12.9. The first-order valence-electron chi connectivity index (χ1n) is 10.1. The number of fused-ring (bicyclic) bond motifs is 1. The summed E-state index contributed by atoms with van der Waals surface area (Å²) in [6.07, 6.45) is 8.75. The molecule has 1 aromatic carbocycles. The number of aromatic nitrogens is 2. The number of carbonyl (C=O) groups excluding carboxylic acids is 1. The van der Waals surface area contributed by atoms with Crippen LogP contribution in [-0.4, -0.2) is 23.0 Å². The molecule has 5 nitrogen and oxygen atoms in total. The van der Waals surface area contributed by atoms with Gasteiger partial charge in [-0.1, -0.05) is 38.1 Å². The van der Waals surface area contributed by atoms with Gasteiger partial charge in [0.05, 0.1) is 12.6 Å². The van der Waals surface area contributed by atoms with Gasteiger partial charge in [0, 0.05) is 29.3 Å². The molecule has 0 saturated carbocycles. The highest BCUT2D eigenvalue weighted by molar-refractivity contribution is 5.93. The molecule has 3 aromatic rings.